The van der Waals surface area contributed by atoms with Crippen LogP contribution in [0.4, 0.5) is 13.2 Å². The number of carbonyl (C=O) groups excluding carboxylic acids is 1. The molecule has 0 radical (unpaired) electrons. The van der Waals surface area contributed by atoms with Crippen LogP contribution < -0.4 is 5.32 Å². The second-order valence-electron chi connectivity index (χ2n) is 11.1. The van der Waals surface area contributed by atoms with Crippen molar-refractivity contribution in [2.75, 3.05) is 26.2 Å². The molecule has 2 aliphatic rings. The number of ketones is 1. The predicted octanol–water partition coefficient (Wildman–Crippen LogP) is 4.46. The number of Topliss-reactive ketones (excluding diaryl/α,β-unsaturated/α-hetero) is 1. The molecule has 2 atom stereocenters. The molecule has 11 heteroatoms. The Bertz CT molecular complexity index is 1540. The van der Waals surface area contributed by atoms with Crippen molar-refractivity contribution in [1.82, 2.24) is 30.0 Å². The summed E-state index contributed by atoms with van der Waals surface area (Å²) in [7, 11) is 0. The first-order chi connectivity index (χ1) is 19.7. The van der Waals surface area contributed by atoms with E-state index in [9.17, 15) is 23.1 Å². The van der Waals surface area contributed by atoms with Gasteiger partial charge in [-0.25, -0.2) is 4.98 Å². The zero-order valence-electron chi connectivity index (χ0n) is 22.8. The van der Waals surface area contributed by atoms with Crippen LogP contribution in [-0.4, -0.2) is 67.8 Å². The monoisotopic (exact) mass is 566 g/mol. The van der Waals surface area contributed by atoms with Crippen molar-refractivity contribution in [2.45, 2.75) is 57.0 Å². The summed E-state index contributed by atoms with van der Waals surface area (Å²) < 4.78 is 41.2. The standard InChI is InChI=1S/C30H33F3N6O2/c1-18(40)27-26-25(8-12-34-27)39(37-28(26)20-4-6-21(7-5-20)30(31,32)33)17-22(41)16-38-13-9-19(10-14-38)24-15-36-29-23(24)3-2-11-35-29/h2-7,11,15,19,22,27,34,41H,8-10,12-14,16-17H2,1H3,(H,35,36). The fourth-order valence-electron chi connectivity index (χ4n) is 6.34. The van der Waals surface area contributed by atoms with Crippen LogP contribution in [-0.2, 0) is 23.9 Å². The molecule has 0 saturated carbocycles. The predicted molar refractivity (Wildman–Crippen MR) is 148 cm³/mol. The van der Waals surface area contributed by atoms with E-state index in [2.05, 4.69) is 32.4 Å². The van der Waals surface area contributed by atoms with Crippen LogP contribution in [0.3, 0.4) is 0 Å². The summed E-state index contributed by atoms with van der Waals surface area (Å²) in [6, 6.07) is 8.31. The average Bonchev–Trinajstić information content (AvgIpc) is 3.55. The summed E-state index contributed by atoms with van der Waals surface area (Å²) in [5.41, 5.74) is 3.96. The number of pyridine rings is 1. The van der Waals surface area contributed by atoms with Crippen LogP contribution in [0, 0.1) is 0 Å². The molecule has 4 aromatic rings. The van der Waals surface area contributed by atoms with Gasteiger partial charge < -0.3 is 20.3 Å². The molecule has 2 aliphatic heterocycles. The SMILES string of the molecule is CC(=O)C1NCCc2c1c(-c1ccc(C(F)(F)F)cc1)nn2CC(O)CN1CCC(c2c[nH]c3ncccc23)CC1. The molecule has 0 amide bonds. The van der Waals surface area contributed by atoms with Gasteiger partial charge in [0.25, 0.3) is 0 Å². The summed E-state index contributed by atoms with van der Waals surface area (Å²) in [4.78, 5) is 22.4. The minimum atomic E-state index is -4.44. The van der Waals surface area contributed by atoms with E-state index in [4.69, 9.17) is 5.10 Å². The van der Waals surface area contributed by atoms with Crippen molar-refractivity contribution in [3.05, 3.63) is 71.2 Å². The van der Waals surface area contributed by atoms with E-state index in [-0.39, 0.29) is 12.3 Å². The molecule has 1 aromatic carbocycles. The molecule has 3 aromatic heterocycles. The van der Waals surface area contributed by atoms with E-state index in [1.807, 2.05) is 6.07 Å². The summed E-state index contributed by atoms with van der Waals surface area (Å²) in [5, 5.41) is 20.2. The number of halogens is 3. The van der Waals surface area contributed by atoms with Gasteiger partial charge in [0, 0.05) is 54.1 Å². The smallest absolute Gasteiger partial charge is 0.390 e. The van der Waals surface area contributed by atoms with Gasteiger partial charge in [-0.3, -0.25) is 9.48 Å². The Kier molecular flexibility index (Phi) is 7.43. The van der Waals surface area contributed by atoms with E-state index >= 15 is 0 Å². The number of fused-ring (bicyclic) bond motifs is 2. The highest BCUT2D eigenvalue weighted by atomic mass is 19.4. The number of benzene rings is 1. The number of alkyl halides is 3. The van der Waals surface area contributed by atoms with Gasteiger partial charge in [-0.05, 0) is 68.6 Å². The number of piperidine rings is 1. The fourth-order valence-corrected chi connectivity index (χ4v) is 6.34. The number of aromatic nitrogens is 4. The van der Waals surface area contributed by atoms with E-state index in [1.54, 1.807) is 10.9 Å². The minimum Gasteiger partial charge on any atom is -0.390 e. The lowest BCUT2D eigenvalue weighted by Crippen LogP contribution is -2.40. The van der Waals surface area contributed by atoms with Gasteiger partial charge in [-0.1, -0.05) is 12.1 Å². The van der Waals surface area contributed by atoms with Gasteiger partial charge in [-0.15, -0.1) is 0 Å². The number of aliphatic hydroxyl groups is 1. The molecule has 2 unspecified atom stereocenters. The molecule has 8 nitrogen and oxygen atoms in total. The Balaban J connectivity index is 1.17. The fraction of sp³-hybridized carbons (Fsp3) is 0.433. The average molecular weight is 567 g/mol. The lowest BCUT2D eigenvalue weighted by molar-refractivity contribution is -0.137. The summed E-state index contributed by atoms with van der Waals surface area (Å²) in [6.45, 7) is 4.51. The number of β-amino-alcohol motifs (C(OH)–C–C–N with tert-alkyl or cyclic N) is 1. The number of H-pyrrole nitrogens is 1. The van der Waals surface area contributed by atoms with Crippen molar-refractivity contribution in [3.8, 4) is 11.3 Å². The molecule has 0 aliphatic carbocycles. The maximum Gasteiger partial charge on any atom is 0.416 e. The van der Waals surface area contributed by atoms with Gasteiger partial charge in [-0.2, -0.15) is 18.3 Å². The summed E-state index contributed by atoms with van der Waals surface area (Å²) >= 11 is 0. The lowest BCUT2D eigenvalue weighted by atomic mass is 9.89. The van der Waals surface area contributed by atoms with Gasteiger partial charge in [0.1, 0.15) is 5.65 Å². The number of rotatable bonds is 7. The third-order valence-electron chi connectivity index (χ3n) is 8.35. The van der Waals surface area contributed by atoms with Crippen LogP contribution in [0.2, 0.25) is 0 Å². The second kappa shape index (κ2) is 11.0. The van der Waals surface area contributed by atoms with Crippen molar-refractivity contribution >= 4 is 16.8 Å². The van der Waals surface area contributed by atoms with E-state index in [0.29, 0.717) is 42.2 Å². The normalized spacial score (nSPS) is 19.4. The van der Waals surface area contributed by atoms with Crippen molar-refractivity contribution in [3.63, 3.8) is 0 Å². The number of hydrogen-bond acceptors (Lipinski definition) is 6. The van der Waals surface area contributed by atoms with Gasteiger partial charge in [0.15, 0.2) is 5.78 Å². The Morgan fingerprint density at radius 2 is 1.90 bits per heavy atom. The topological polar surface area (TPSA) is 99.1 Å². The molecule has 0 bridgehead atoms. The van der Waals surface area contributed by atoms with E-state index < -0.39 is 23.9 Å². The van der Waals surface area contributed by atoms with E-state index in [0.717, 1.165) is 54.8 Å². The molecule has 6 rings (SSSR count). The number of likely N-dealkylation sites (tertiary alicyclic amines) is 1. The largest absolute Gasteiger partial charge is 0.416 e. The van der Waals surface area contributed by atoms with E-state index in [1.165, 1.54) is 24.6 Å². The molecule has 41 heavy (non-hydrogen) atoms. The highest BCUT2D eigenvalue weighted by molar-refractivity contribution is 5.86. The summed E-state index contributed by atoms with van der Waals surface area (Å²) in [5.74, 6) is 0.342. The molecular weight excluding hydrogens is 533 g/mol. The van der Waals surface area contributed by atoms with Crippen molar-refractivity contribution in [2.24, 2.45) is 0 Å². The Morgan fingerprint density at radius 1 is 1.15 bits per heavy atom. The number of carbonyl (C=O) groups is 1. The summed E-state index contributed by atoms with van der Waals surface area (Å²) in [6.07, 6.45) is 1.28. The first-order valence-electron chi connectivity index (χ1n) is 14.0. The second-order valence-corrected chi connectivity index (χ2v) is 11.1. The van der Waals surface area contributed by atoms with Crippen LogP contribution >= 0.6 is 0 Å². The van der Waals surface area contributed by atoms with Crippen molar-refractivity contribution < 1.29 is 23.1 Å². The number of nitrogens with zero attached hydrogens (tertiary/aromatic N) is 4. The zero-order chi connectivity index (χ0) is 28.7. The molecule has 0 spiro atoms. The van der Waals surface area contributed by atoms with Crippen LogP contribution in [0.15, 0.2) is 48.8 Å². The zero-order valence-corrected chi connectivity index (χ0v) is 22.8. The molecule has 216 valence electrons. The molecule has 1 fully saturated rings. The van der Waals surface area contributed by atoms with Gasteiger partial charge in [0.05, 0.1) is 29.9 Å². The van der Waals surface area contributed by atoms with Crippen LogP contribution in [0.25, 0.3) is 22.3 Å². The maximum absolute atomic E-state index is 13.1. The minimum absolute atomic E-state index is 0.0898. The Labute approximate surface area is 235 Å². The molecule has 1 saturated heterocycles. The molecule has 5 heterocycles. The third-order valence-corrected chi connectivity index (χ3v) is 8.35. The lowest BCUT2D eigenvalue weighted by Gasteiger charge is -2.33. The van der Waals surface area contributed by atoms with Crippen molar-refractivity contribution in [1.29, 1.82) is 0 Å². The van der Waals surface area contributed by atoms with Crippen LogP contribution in [0.1, 0.15) is 54.1 Å². The number of aliphatic hydroxyl groups excluding tert-OH is 1. The quantitative estimate of drug-likeness (QED) is 0.306. The first-order valence-corrected chi connectivity index (χ1v) is 14.0. The molecular formula is C30H33F3N6O2. The Hall–Kier alpha value is -3.54. The first kappa shape index (κ1) is 27.6. The highest BCUT2D eigenvalue weighted by Crippen LogP contribution is 2.36. The number of hydrogen-bond donors (Lipinski definition) is 3. The highest BCUT2D eigenvalue weighted by Gasteiger charge is 2.34. The Morgan fingerprint density at radius 3 is 2.61 bits per heavy atom. The number of nitrogens with one attached hydrogen (secondary N) is 2. The maximum atomic E-state index is 13.1. The molecule has 3 N–H and O–H groups in total. The third kappa shape index (κ3) is 5.53. The van der Waals surface area contributed by atoms with Crippen LogP contribution in [0.5, 0.6) is 0 Å². The number of aromatic amines is 1. The van der Waals surface area contributed by atoms with Gasteiger partial charge in [0.2, 0.25) is 0 Å². The van der Waals surface area contributed by atoms with Gasteiger partial charge >= 0.3 is 6.18 Å².